The van der Waals surface area contributed by atoms with E-state index in [2.05, 4.69) is 16.9 Å². The van der Waals surface area contributed by atoms with Gasteiger partial charge < -0.3 is 25.1 Å². The Morgan fingerprint density at radius 3 is 2.55 bits per heavy atom. The molecule has 0 fully saturated rings. The van der Waals surface area contributed by atoms with Crippen LogP contribution in [-0.2, 0) is 16.4 Å². The first-order valence-electron chi connectivity index (χ1n) is 9.48. The number of aromatic hydroxyl groups is 1. The molecule has 1 aromatic carbocycles. The summed E-state index contributed by atoms with van der Waals surface area (Å²) in [4.78, 5) is 16.6. The van der Waals surface area contributed by atoms with Gasteiger partial charge in [0.15, 0.2) is 5.69 Å². The Bertz CT molecular complexity index is 988. The number of nitrogens with one attached hydrogen (secondary N) is 1. The largest absolute Gasteiger partial charge is 0.508 e. The Morgan fingerprint density at radius 1 is 1.32 bits per heavy atom. The number of aliphatic hydroxyl groups is 2. The minimum Gasteiger partial charge on any atom is -0.508 e. The van der Waals surface area contributed by atoms with E-state index >= 15 is 0 Å². The number of anilines is 1. The van der Waals surface area contributed by atoms with Gasteiger partial charge in [-0.3, -0.25) is 4.79 Å². The first kappa shape index (κ1) is 24.4. The van der Waals surface area contributed by atoms with Gasteiger partial charge in [0, 0.05) is 7.05 Å². The summed E-state index contributed by atoms with van der Waals surface area (Å²) < 4.78 is 29.1. The summed E-state index contributed by atoms with van der Waals surface area (Å²) in [5, 5.41) is 33.0. The summed E-state index contributed by atoms with van der Waals surface area (Å²) >= 11 is 0. The van der Waals surface area contributed by atoms with Crippen molar-refractivity contribution in [3.05, 3.63) is 54.4 Å². The summed E-state index contributed by atoms with van der Waals surface area (Å²) in [5.74, 6) is -0.642. The number of hydrogen-bond acceptors (Lipinski definition) is 8. The Kier molecular flexibility index (Phi) is 8.20. The average Bonchev–Trinajstić information content (AvgIpc) is 3.21. The molecule has 10 nitrogen and oxygen atoms in total. The fraction of sp³-hybridized carbons (Fsp3) is 0.400. The fourth-order valence-electron chi connectivity index (χ4n) is 2.77. The maximum absolute atomic E-state index is 12.7. The van der Waals surface area contributed by atoms with Crippen LogP contribution in [-0.4, -0.2) is 66.2 Å². The third-order valence-electron chi connectivity index (χ3n) is 4.67. The van der Waals surface area contributed by atoms with Gasteiger partial charge in [0.25, 0.3) is 5.91 Å². The molecule has 2 rings (SSSR count). The topological polar surface area (TPSA) is 153 Å². The minimum absolute atomic E-state index is 0.0704. The first-order valence-corrected chi connectivity index (χ1v) is 11.3. The molecular weight excluding hydrogens is 426 g/mol. The van der Waals surface area contributed by atoms with Gasteiger partial charge in [-0.05, 0) is 37.0 Å². The highest BCUT2D eigenvalue weighted by molar-refractivity contribution is 7.92. The van der Waals surface area contributed by atoms with Gasteiger partial charge in [-0.2, -0.15) is 4.98 Å². The maximum Gasteiger partial charge on any atom is 0.311 e. The second-order valence-electron chi connectivity index (χ2n) is 7.12. The lowest BCUT2D eigenvalue weighted by atomic mass is 9.95. The molecule has 0 aliphatic heterocycles. The van der Waals surface area contributed by atoms with Gasteiger partial charge in [0.1, 0.15) is 18.1 Å². The highest BCUT2D eigenvalue weighted by Gasteiger charge is 2.29. The number of sulfonamides is 1. The Balaban J connectivity index is 2.21. The summed E-state index contributed by atoms with van der Waals surface area (Å²) in [7, 11) is -2.39. The van der Waals surface area contributed by atoms with Gasteiger partial charge in [-0.15, -0.1) is 6.58 Å². The molecule has 31 heavy (non-hydrogen) atoms. The molecule has 11 heteroatoms. The van der Waals surface area contributed by atoms with E-state index in [9.17, 15) is 28.5 Å². The number of rotatable bonds is 11. The first-order chi connectivity index (χ1) is 14.5. The smallest absolute Gasteiger partial charge is 0.311 e. The van der Waals surface area contributed by atoms with Crippen molar-refractivity contribution < 1.29 is 32.9 Å². The van der Waals surface area contributed by atoms with Crippen molar-refractivity contribution >= 4 is 21.9 Å². The monoisotopic (exact) mass is 453 g/mol. The molecule has 0 radical (unpaired) electrons. The summed E-state index contributed by atoms with van der Waals surface area (Å²) in [5.41, 5.74) is 0.518. The quantitative estimate of drug-likeness (QED) is 0.365. The number of carbonyl (C=O) groups excluding carboxylic acids is 1. The van der Waals surface area contributed by atoms with Crippen LogP contribution in [0.25, 0.3) is 0 Å². The van der Waals surface area contributed by atoms with Gasteiger partial charge in [-0.1, -0.05) is 18.2 Å². The van der Waals surface area contributed by atoms with Gasteiger partial charge >= 0.3 is 6.01 Å². The number of oxazole rings is 1. The molecule has 2 aromatic rings. The molecule has 0 spiro atoms. The zero-order chi connectivity index (χ0) is 23.2. The van der Waals surface area contributed by atoms with Crippen LogP contribution in [0.3, 0.4) is 0 Å². The zero-order valence-corrected chi connectivity index (χ0v) is 18.1. The molecule has 3 unspecified atom stereocenters. The number of phenols is 1. The van der Waals surface area contributed by atoms with Crippen LogP contribution in [0, 0.1) is 0 Å². The van der Waals surface area contributed by atoms with Gasteiger partial charge in [-0.25, -0.2) is 12.7 Å². The van der Waals surface area contributed by atoms with Crippen LogP contribution in [0.4, 0.5) is 6.01 Å². The number of nitrogens with zero attached hydrogens (tertiary/aromatic N) is 2. The second-order valence-corrected chi connectivity index (χ2v) is 9.13. The molecule has 1 amide bonds. The van der Waals surface area contributed by atoms with Crippen LogP contribution in [0.2, 0.25) is 0 Å². The molecular formula is C20H27N3O7S. The highest BCUT2D eigenvalue weighted by Crippen LogP contribution is 2.18. The zero-order valence-electron chi connectivity index (χ0n) is 17.3. The molecule has 0 aliphatic carbocycles. The van der Waals surface area contributed by atoms with E-state index in [4.69, 9.17) is 4.42 Å². The van der Waals surface area contributed by atoms with Gasteiger partial charge in [0.2, 0.25) is 10.0 Å². The number of benzene rings is 1. The number of aromatic nitrogens is 1. The number of aliphatic hydroxyl groups excluding tert-OH is 2. The number of allylic oxidation sites excluding steroid dienone is 1. The van der Waals surface area contributed by atoms with Crippen molar-refractivity contribution in [1.82, 2.24) is 10.3 Å². The summed E-state index contributed by atoms with van der Waals surface area (Å²) in [6, 6.07) is 5.03. The van der Waals surface area contributed by atoms with E-state index in [-0.39, 0.29) is 30.3 Å². The average molecular weight is 454 g/mol. The lowest BCUT2D eigenvalue weighted by Crippen LogP contribution is -2.49. The maximum atomic E-state index is 12.7. The van der Waals surface area contributed by atoms with Crippen molar-refractivity contribution in [2.45, 2.75) is 37.5 Å². The molecule has 0 aliphatic rings. The van der Waals surface area contributed by atoms with Crippen molar-refractivity contribution in [1.29, 1.82) is 0 Å². The molecule has 3 atom stereocenters. The third kappa shape index (κ3) is 6.81. The normalized spacial score (nSPS) is 14.5. The predicted molar refractivity (Wildman–Crippen MR) is 114 cm³/mol. The molecule has 1 heterocycles. The molecule has 0 saturated heterocycles. The second kappa shape index (κ2) is 10.4. The lowest BCUT2D eigenvalue weighted by molar-refractivity contribution is -0.00666. The van der Waals surface area contributed by atoms with E-state index < -0.39 is 34.2 Å². The standard InChI is InChI=1S/C20H27N3O7S/c1-4-5-6-17(25)18(26)15(11-13-7-9-14(24)10-8-13)21-19(27)16-12-30-20(22-16)23(2)31(3,28)29/h4,7-10,12,15,17-18,24-26H,1,5-6,11H2,2-3H3,(H,21,27). The van der Waals surface area contributed by atoms with E-state index in [0.29, 0.717) is 12.0 Å². The Labute approximate surface area is 180 Å². The van der Waals surface area contributed by atoms with Crippen molar-refractivity contribution in [3.8, 4) is 5.75 Å². The van der Waals surface area contributed by atoms with E-state index in [1.54, 1.807) is 18.2 Å². The van der Waals surface area contributed by atoms with E-state index in [1.165, 1.54) is 19.2 Å². The fourth-order valence-corrected chi connectivity index (χ4v) is 3.14. The van der Waals surface area contributed by atoms with Crippen molar-refractivity contribution in [2.24, 2.45) is 0 Å². The minimum atomic E-state index is -3.63. The van der Waals surface area contributed by atoms with Crippen LogP contribution < -0.4 is 9.62 Å². The molecule has 1 aromatic heterocycles. The number of amides is 1. The molecule has 4 N–H and O–H groups in total. The number of carbonyl (C=O) groups is 1. The van der Waals surface area contributed by atoms with Crippen molar-refractivity contribution in [2.75, 3.05) is 17.6 Å². The van der Waals surface area contributed by atoms with Crippen LogP contribution in [0.5, 0.6) is 5.75 Å². The molecule has 0 bridgehead atoms. The SMILES string of the molecule is C=CCCC(O)C(O)C(Cc1ccc(O)cc1)NC(=O)c1coc(N(C)S(C)(=O)=O)n1. The van der Waals surface area contributed by atoms with Crippen LogP contribution in [0.15, 0.2) is 47.6 Å². The van der Waals surface area contributed by atoms with Crippen LogP contribution in [0.1, 0.15) is 28.9 Å². The predicted octanol–water partition coefficient (Wildman–Crippen LogP) is 0.805. The van der Waals surface area contributed by atoms with Crippen molar-refractivity contribution in [3.63, 3.8) is 0 Å². The summed E-state index contributed by atoms with van der Waals surface area (Å²) in [6.45, 7) is 3.58. The van der Waals surface area contributed by atoms with E-state index in [0.717, 1.165) is 16.8 Å². The Hall–Kier alpha value is -2.89. The molecule has 170 valence electrons. The highest BCUT2D eigenvalue weighted by atomic mass is 32.2. The molecule has 0 saturated carbocycles. The number of phenolic OH excluding ortho intramolecular Hbond substituents is 1. The number of hydrogen-bond donors (Lipinski definition) is 4. The summed E-state index contributed by atoms with van der Waals surface area (Å²) in [6.07, 6.45) is 2.04. The van der Waals surface area contributed by atoms with Crippen LogP contribution >= 0.6 is 0 Å². The van der Waals surface area contributed by atoms with E-state index in [1.807, 2.05) is 0 Å². The Morgan fingerprint density at radius 2 is 1.97 bits per heavy atom. The van der Waals surface area contributed by atoms with Gasteiger partial charge in [0.05, 0.1) is 18.4 Å². The third-order valence-corrected chi connectivity index (χ3v) is 5.82. The lowest BCUT2D eigenvalue weighted by Gasteiger charge is -2.27.